The van der Waals surface area contributed by atoms with Gasteiger partial charge in [-0.2, -0.15) is 0 Å². The summed E-state index contributed by atoms with van der Waals surface area (Å²) in [7, 11) is 1.73. The molecule has 1 aliphatic heterocycles. The minimum atomic E-state index is -0.0917. The fourth-order valence-corrected chi connectivity index (χ4v) is 2.65. The molecule has 0 atom stereocenters. The molecule has 0 aromatic carbocycles. The summed E-state index contributed by atoms with van der Waals surface area (Å²) in [6.45, 7) is 3.20. The van der Waals surface area contributed by atoms with Gasteiger partial charge in [-0.1, -0.05) is 0 Å². The van der Waals surface area contributed by atoms with Crippen LogP contribution in [0, 0.1) is 0 Å². The molecule has 0 radical (unpaired) electrons. The molecule has 1 saturated heterocycles. The van der Waals surface area contributed by atoms with Crippen molar-refractivity contribution < 1.29 is 14.3 Å². The third kappa shape index (κ3) is 4.44. The Kier molecular flexibility index (Phi) is 5.60. The van der Waals surface area contributed by atoms with Gasteiger partial charge in [-0.15, -0.1) is 0 Å². The third-order valence-electron chi connectivity index (χ3n) is 4.27. The second kappa shape index (κ2) is 7.22. The molecule has 1 heterocycles. The Morgan fingerprint density at radius 3 is 2.68 bits per heavy atom. The van der Waals surface area contributed by atoms with Crippen LogP contribution in [0.1, 0.15) is 38.5 Å². The molecule has 2 aliphatic rings. The monoisotopic (exact) mass is 270 g/mol. The molecule has 0 unspecified atom stereocenters. The van der Waals surface area contributed by atoms with Crippen LogP contribution >= 0.6 is 0 Å². The van der Waals surface area contributed by atoms with Gasteiger partial charge >= 0.3 is 0 Å². The second-order valence-corrected chi connectivity index (χ2v) is 5.59. The van der Waals surface area contributed by atoms with Crippen LogP contribution < -0.4 is 10.6 Å². The zero-order valence-corrected chi connectivity index (χ0v) is 11.9. The fraction of sp³-hybridized carbons (Fsp3) is 0.929. The number of ether oxygens (including phenoxy) is 2. The summed E-state index contributed by atoms with van der Waals surface area (Å²) in [6.07, 6.45) is 6.17. The van der Waals surface area contributed by atoms with Gasteiger partial charge in [0.2, 0.25) is 5.91 Å². The van der Waals surface area contributed by atoms with Crippen molar-refractivity contribution in [3.63, 3.8) is 0 Å². The normalized spacial score (nSPS) is 22.8. The highest BCUT2D eigenvalue weighted by atomic mass is 16.5. The lowest BCUT2D eigenvalue weighted by Crippen LogP contribution is -2.49. The molecule has 2 N–H and O–H groups in total. The molecule has 5 heteroatoms. The minimum Gasteiger partial charge on any atom is -0.378 e. The van der Waals surface area contributed by atoms with E-state index in [0.717, 1.165) is 38.8 Å². The van der Waals surface area contributed by atoms with Crippen molar-refractivity contribution in [3.8, 4) is 0 Å². The lowest BCUT2D eigenvalue weighted by atomic mass is 9.80. The third-order valence-corrected chi connectivity index (χ3v) is 4.27. The summed E-state index contributed by atoms with van der Waals surface area (Å²) in [4.78, 5) is 11.7. The number of methoxy groups -OCH3 is 1. The zero-order chi connectivity index (χ0) is 13.6. The highest BCUT2D eigenvalue weighted by Crippen LogP contribution is 2.34. The first-order valence-corrected chi connectivity index (χ1v) is 7.38. The van der Waals surface area contributed by atoms with Crippen LogP contribution in [0.5, 0.6) is 0 Å². The maximum absolute atomic E-state index is 11.7. The summed E-state index contributed by atoms with van der Waals surface area (Å²) in [5, 5.41) is 6.25. The molecule has 5 nitrogen and oxygen atoms in total. The second-order valence-electron chi connectivity index (χ2n) is 5.59. The van der Waals surface area contributed by atoms with Crippen molar-refractivity contribution >= 4 is 5.91 Å². The van der Waals surface area contributed by atoms with Crippen LogP contribution in [-0.2, 0) is 14.3 Å². The number of hydrogen-bond acceptors (Lipinski definition) is 4. The van der Waals surface area contributed by atoms with Crippen LogP contribution in [0.4, 0.5) is 0 Å². The zero-order valence-electron chi connectivity index (χ0n) is 11.9. The van der Waals surface area contributed by atoms with Crippen LogP contribution in [0.3, 0.4) is 0 Å². The van der Waals surface area contributed by atoms with E-state index in [1.807, 2.05) is 0 Å². The van der Waals surface area contributed by atoms with E-state index in [2.05, 4.69) is 10.6 Å². The van der Waals surface area contributed by atoms with E-state index in [-0.39, 0.29) is 11.5 Å². The Balaban J connectivity index is 1.54. The van der Waals surface area contributed by atoms with Crippen LogP contribution in [0.2, 0.25) is 0 Å². The average molecular weight is 270 g/mol. The number of piperidine rings is 1. The molecule has 110 valence electrons. The Hall–Kier alpha value is -0.650. The average Bonchev–Trinajstić information content (AvgIpc) is 2.39. The van der Waals surface area contributed by atoms with Crippen molar-refractivity contribution in [2.45, 2.75) is 50.2 Å². The smallest absolute Gasteiger partial charge is 0.222 e. The fourth-order valence-electron chi connectivity index (χ4n) is 2.65. The molecule has 1 saturated carbocycles. The Bertz CT molecular complexity index is 281. The summed E-state index contributed by atoms with van der Waals surface area (Å²) >= 11 is 0. The van der Waals surface area contributed by atoms with Crippen molar-refractivity contribution in [3.05, 3.63) is 0 Å². The summed E-state index contributed by atoms with van der Waals surface area (Å²) in [5.41, 5.74) is -0.0917. The maximum Gasteiger partial charge on any atom is 0.222 e. The molecular weight excluding hydrogens is 244 g/mol. The highest BCUT2D eigenvalue weighted by molar-refractivity contribution is 5.76. The highest BCUT2D eigenvalue weighted by Gasteiger charge is 2.37. The molecule has 1 amide bonds. The Morgan fingerprint density at radius 1 is 1.37 bits per heavy atom. The van der Waals surface area contributed by atoms with Crippen molar-refractivity contribution in [2.24, 2.45) is 0 Å². The standard InChI is InChI=1S/C14H26N2O3/c1-18-14(6-2-7-14)11-16-13(17)5-10-19-12-3-8-15-9-4-12/h12,15H,2-11H2,1H3,(H,16,17). The van der Waals surface area contributed by atoms with E-state index >= 15 is 0 Å². The Labute approximate surface area is 115 Å². The summed E-state index contributed by atoms with van der Waals surface area (Å²) < 4.78 is 11.2. The predicted molar refractivity (Wildman–Crippen MR) is 73.1 cm³/mol. The van der Waals surface area contributed by atoms with E-state index < -0.39 is 0 Å². The molecular formula is C14H26N2O3. The quantitative estimate of drug-likeness (QED) is 0.719. The first kappa shape index (κ1) is 14.8. The number of carbonyl (C=O) groups excluding carboxylic acids is 1. The first-order valence-electron chi connectivity index (χ1n) is 7.38. The molecule has 1 aliphatic carbocycles. The van der Waals surface area contributed by atoms with E-state index in [9.17, 15) is 4.79 Å². The van der Waals surface area contributed by atoms with Crippen molar-refractivity contribution in [1.29, 1.82) is 0 Å². The van der Waals surface area contributed by atoms with E-state index in [1.165, 1.54) is 6.42 Å². The van der Waals surface area contributed by atoms with E-state index in [1.54, 1.807) is 7.11 Å². The van der Waals surface area contributed by atoms with Gasteiger partial charge in [-0.05, 0) is 45.2 Å². The van der Waals surface area contributed by atoms with Gasteiger partial charge in [0.15, 0.2) is 0 Å². The van der Waals surface area contributed by atoms with E-state index in [0.29, 0.717) is 25.7 Å². The van der Waals surface area contributed by atoms with Gasteiger partial charge in [0.1, 0.15) is 0 Å². The van der Waals surface area contributed by atoms with E-state index in [4.69, 9.17) is 9.47 Å². The predicted octanol–water partition coefficient (Wildman–Crippen LogP) is 0.830. The van der Waals surface area contributed by atoms with Crippen LogP contribution in [0.15, 0.2) is 0 Å². The molecule has 19 heavy (non-hydrogen) atoms. The number of amides is 1. The lowest BCUT2D eigenvalue weighted by Gasteiger charge is -2.40. The first-order chi connectivity index (χ1) is 9.24. The number of carbonyl (C=O) groups is 1. The number of nitrogens with one attached hydrogen (secondary N) is 2. The van der Waals surface area contributed by atoms with Gasteiger partial charge in [0, 0.05) is 20.1 Å². The molecule has 0 spiro atoms. The largest absolute Gasteiger partial charge is 0.378 e. The van der Waals surface area contributed by atoms with Gasteiger partial charge in [-0.25, -0.2) is 0 Å². The topological polar surface area (TPSA) is 59.6 Å². The van der Waals surface area contributed by atoms with Crippen molar-refractivity contribution in [2.75, 3.05) is 33.4 Å². The molecule has 0 aromatic heterocycles. The van der Waals surface area contributed by atoms with Gasteiger partial charge < -0.3 is 20.1 Å². The minimum absolute atomic E-state index is 0.0669. The van der Waals surface area contributed by atoms with Crippen LogP contribution in [-0.4, -0.2) is 51.0 Å². The molecule has 2 rings (SSSR count). The van der Waals surface area contributed by atoms with Crippen LogP contribution in [0.25, 0.3) is 0 Å². The molecule has 0 bridgehead atoms. The lowest BCUT2D eigenvalue weighted by molar-refractivity contribution is -0.126. The van der Waals surface area contributed by atoms with Gasteiger partial charge in [-0.3, -0.25) is 4.79 Å². The van der Waals surface area contributed by atoms with Gasteiger partial charge in [0.25, 0.3) is 0 Å². The molecule has 2 fully saturated rings. The number of hydrogen-bond donors (Lipinski definition) is 2. The SMILES string of the molecule is COC1(CNC(=O)CCOC2CCNCC2)CCC1. The van der Waals surface area contributed by atoms with Crippen molar-refractivity contribution in [1.82, 2.24) is 10.6 Å². The van der Waals surface area contributed by atoms with Gasteiger partial charge in [0.05, 0.1) is 18.3 Å². The summed E-state index contributed by atoms with van der Waals surface area (Å²) in [5.74, 6) is 0.0669. The summed E-state index contributed by atoms with van der Waals surface area (Å²) in [6, 6.07) is 0. The molecule has 0 aromatic rings. The Morgan fingerprint density at radius 2 is 2.11 bits per heavy atom. The number of rotatable bonds is 7. The maximum atomic E-state index is 11.7.